The van der Waals surface area contributed by atoms with Crippen molar-refractivity contribution in [3.05, 3.63) is 35.9 Å². The van der Waals surface area contributed by atoms with Crippen molar-refractivity contribution < 1.29 is 19.1 Å². The lowest BCUT2D eigenvalue weighted by Crippen LogP contribution is -2.41. The van der Waals surface area contributed by atoms with Crippen LogP contribution in [0, 0.1) is 0 Å². The summed E-state index contributed by atoms with van der Waals surface area (Å²) in [7, 11) is 1.54. The van der Waals surface area contributed by atoms with Crippen molar-refractivity contribution >= 4 is 12.1 Å². The van der Waals surface area contributed by atoms with Crippen LogP contribution in [0.5, 0.6) is 0 Å². The number of ether oxygens (including phenoxy) is 2. The lowest BCUT2D eigenvalue weighted by atomic mass is 10.2. The fourth-order valence-electron chi connectivity index (χ4n) is 1.96. The highest BCUT2D eigenvalue weighted by molar-refractivity contribution is 5.80. The first kappa shape index (κ1) is 19.0. The third kappa shape index (κ3) is 7.17. The Morgan fingerprint density at radius 3 is 2.43 bits per heavy atom. The first-order chi connectivity index (χ1) is 11.1. The van der Waals surface area contributed by atoms with Crippen LogP contribution in [0.3, 0.4) is 0 Å². The lowest BCUT2D eigenvalue weighted by molar-refractivity contribution is -0.148. The summed E-state index contributed by atoms with van der Waals surface area (Å²) in [5.74, 6) is -0.402. The van der Waals surface area contributed by atoms with Gasteiger partial charge in [-0.3, -0.25) is 4.90 Å². The van der Waals surface area contributed by atoms with E-state index in [0.717, 1.165) is 31.2 Å². The summed E-state index contributed by atoms with van der Waals surface area (Å²) in [6, 6.07) is 8.75. The van der Waals surface area contributed by atoms with E-state index in [4.69, 9.17) is 9.47 Å². The number of nitrogens with zero attached hydrogens (tertiary/aromatic N) is 1. The maximum atomic E-state index is 12.0. The fraction of sp³-hybridized carbons (Fsp3) is 0.556. The topological polar surface area (TPSA) is 55.8 Å². The number of rotatable bonds is 9. The minimum Gasteiger partial charge on any atom is -0.464 e. The van der Waals surface area contributed by atoms with Crippen LogP contribution in [0.1, 0.15) is 45.1 Å². The highest BCUT2D eigenvalue weighted by Gasteiger charge is 2.24. The summed E-state index contributed by atoms with van der Waals surface area (Å²) < 4.78 is 10.4. The van der Waals surface area contributed by atoms with E-state index in [2.05, 4.69) is 6.92 Å². The molecule has 0 aliphatic heterocycles. The second-order valence-electron chi connectivity index (χ2n) is 5.56. The molecule has 0 aliphatic rings. The van der Waals surface area contributed by atoms with E-state index in [-0.39, 0.29) is 6.61 Å². The minimum atomic E-state index is -0.663. The number of benzene rings is 1. The molecular weight excluding hydrogens is 294 g/mol. The van der Waals surface area contributed by atoms with E-state index in [1.165, 1.54) is 11.9 Å². The second-order valence-corrected chi connectivity index (χ2v) is 5.56. The van der Waals surface area contributed by atoms with E-state index in [0.29, 0.717) is 6.61 Å². The molecule has 0 N–H and O–H groups in total. The van der Waals surface area contributed by atoms with Crippen molar-refractivity contribution in [1.29, 1.82) is 0 Å². The Balaban J connectivity index is 2.31. The average Bonchev–Trinajstić information content (AvgIpc) is 2.58. The predicted molar refractivity (Wildman–Crippen MR) is 89.0 cm³/mol. The van der Waals surface area contributed by atoms with E-state index in [1.807, 2.05) is 30.3 Å². The van der Waals surface area contributed by atoms with Crippen LogP contribution in [0.4, 0.5) is 4.79 Å². The average molecular weight is 321 g/mol. The molecule has 0 saturated carbocycles. The number of unbranched alkanes of at least 4 members (excludes halogenated alkanes) is 3. The third-order valence-electron chi connectivity index (χ3n) is 3.66. The van der Waals surface area contributed by atoms with Crippen molar-refractivity contribution in [2.45, 2.75) is 52.2 Å². The van der Waals surface area contributed by atoms with Crippen molar-refractivity contribution in [3.8, 4) is 0 Å². The van der Waals surface area contributed by atoms with Crippen LogP contribution in [-0.4, -0.2) is 36.7 Å². The molecule has 0 bridgehead atoms. The van der Waals surface area contributed by atoms with Crippen molar-refractivity contribution in [1.82, 2.24) is 4.90 Å². The molecular formula is C18H27NO4. The zero-order chi connectivity index (χ0) is 17.1. The Kier molecular flexibility index (Phi) is 8.80. The monoisotopic (exact) mass is 321 g/mol. The normalized spacial score (nSPS) is 11.6. The zero-order valence-corrected chi connectivity index (χ0v) is 14.3. The molecule has 1 aromatic rings. The van der Waals surface area contributed by atoms with Gasteiger partial charge in [-0.2, -0.15) is 0 Å². The highest BCUT2D eigenvalue weighted by Crippen LogP contribution is 2.07. The molecule has 0 radical (unpaired) electrons. The number of esters is 1. The predicted octanol–water partition coefficient (Wildman–Crippen LogP) is 3.77. The molecule has 5 nitrogen and oxygen atoms in total. The maximum absolute atomic E-state index is 12.0. The third-order valence-corrected chi connectivity index (χ3v) is 3.66. The van der Waals surface area contributed by atoms with Gasteiger partial charge in [0.25, 0.3) is 0 Å². The number of hydrogen-bond acceptors (Lipinski definition) is 4. The Hall–Kier alpha value is -2.04. The molecule has 0 saturated heterocycles. The van der Waals surface area contributed by atoms with Gasteiger partial charge in [-0.15, -0.1) is 0 Å². The quantitative estimate of drug-likeness (QED) is 0.513. The summed E-state index contributed by atoms with van der Waals surface area (Å²) in [4.78, 5) is 25.2. The summed E-state index contributed by atoms with van der Waals surface area (Å²) in [5.41, 5.74) is 0.903. The first-order valence-corrected chi connectivity index (χ1v) is 8.16. The van der Waals surface area contributed by atoms with Gasteiger partial charge in [-0.05, 0) is 18.9 Å². The molecule has 0 heterocycles. The molecule has 1 unspecified atom stereocenters. The molecule has 1 atom stereocenters. The molecule has 0 aliphatic carbocycles. The fourth-order valence-corrected chi connectivity index (χ4v) is 1.96. The van der Waals surface area contributed by atoms with Gasteiger partial charge < -0.3 is 9.47 Å². The van der Waals surface area contributed by atoms with Crippen molar-refractivity contribution in [2.24, 2.45) is 0 Å². The number of carbonyl (C=O) groups is 2. The molecule has 1 amide bonds. The largest absolute Gasteiger partial charge is 0.464 e. The Morgan fingerprint density at radius 2 is 1.78 bits per heavy atom. The molecule has 0 spiro atoms. The molecule has 0 fully saturated rings. The van der Waals surface area contributed by atoms with Gasteiger partial charge in [0.15, 0.2) is 0 Å². The molecule has 128 valence electrons. The number of hydrogen-bond donors (Lipinski definition) is 0. The summed E-state index contributed by atoms with van der Waals surface area (Å²) >= 11 is 0. The Bertz CT molecular complexity index is 475. The second kappa shape index (κ2) is 10.6. The van der Waals surface area contributed by atoms with Crippen LogP contribution in [0.15, 0.2) is 30.3 Å². The molecule has 23 heavy (non-hydrogen) atoms. The lowest BCUT2D eigenvalue weighted by Gasteiger charge is -2.22. The van der Waals surface area contributed by atoms with E-state index in [9.17, 15) is 9.59 Å². The smallest absolute Gasteiger partial charge is 0.410 e. The Labute approximate surface area is 138 Å². The minimum absolute atomic E-state index is 0.183. The number of carbonyl (C=O) groups excluding carboxylic acids is 2. The van der Waals surface area contributed by atoms with Gasteiger partial charge >= 0.3 is 12.1 Å². The Morgan fingerprint density at radius 1 is 1.09 bits per heavy atom. The van der Waals surface area contributed by atoms with Crippen LogP contribution in [-0.2, 0) is 20.9 Å². The van der Waals surface area contributed by atoms with Gasteiger partial charge in [0.05, 0.1) is 6.61 Å². The zero-order valence-electron chi connectivity index (χ0n) is 14.3. The van der Waals surface area contributed by atoms with Gasteiger partial charge in [0.2, 0.25) is 0 Å². The van der Waals surface area contributed by atoms with Crippen LogP contribution in [0.25, 0.3) is 0 Å². The SMILES string of the molecule is CCCCCCOC(=O)C(C)N(C)C(=O)OCc1ccccc1. The van der Waals surface area contributed by atoms with Crippen molar-refractivity contribution in [2.75, 3.05) is 13.7 Å². The molecule has 5 heteroatoms. The summed E-state index contributed by atoms with van der Waals surface area (Å²) in [5, 5.41) is 0. The van der Waals surface area contributed by atoms with E-state index in [1.54, 1.807) is 6.92 Å². The molecule has 1 aromatic carbocycles. The van der Waals surface area contributed by atoms with Crippen molar-refractivity contribution in [3.63, 3.8) is 0 Å². The summed E-state index contributed by atoms with van der Waals surface area (Å²) in [6.07, 6.45) is 3.64. The first-order valence-electron chi connectivity index (χ1n) is 8.16. The standard InChI is InChI=1S/C18H27NO4/c1-4-5-6-10-13-22-17(20)15(2)19(3)18(21)23-14-16-11-8-7-9-12-16/h7-9,11-12,15H,4-6,10,13-14H2,1-3H3. The highest BCUT2D eigenvalue weighted by atomic mass is 16.6. The van der Waals surface area contributed by atoms with Gasteiger partial charge in [0.1, 0.15) is 12.6 Å². The molecule has 0 aromatic heterocycles. The van der Waals surface area contributed by atoms with E-state index >= 15 is 0 Å². The van der Waals surface area contributed by atoms with Crippen LogP contribution in [0.2, 0.25) is 0 Å². The van der Waals surface area contributed by atoms with Gasteiger partial charge in [0, 0.05) is 7.05 Å². The molecule has 1 rings (SSSR count). The summed E-state index contributed by atoms with van der Waals surface area (Å²) in [6.45, 7) is 4.35. The number of amides is 1. The van der Waals surface area contributed by atoms with Crippen LogP contribution >= 0.6 is 0 Å². The van der Waals surface area contributed by atoms with Crippen LogP contribution < -0.4 is 0 Å². The maximum Gasteiger partial charge on any atom is 0.410 e. The van der Waals surface area contributed by atoms with Gasteiger partial charge in [-0.1, -0.05) is 56.5 Å². The number of likely N-dealkylation sites (N-methyl/N-ethyl adjacent to an activating group) is 1. The van der Waals surface area contributed by atoms with Gasteiger partial charge in [-0.25, -0.2) is 9.59 Å². The van der Waals surface area contributed by atoms with E-state index < -0.39 is 18.1 Å².